The fourth-order valence-corrected chi connectivity index (χ4v) is 3.02. The van der Waals surface area contributed by atoms with Gasteiger partial charge >= 0.3 is 0 Å². The van der Waals surface area contributed by atoms with Gasteiger partial charge in [0.25, 0.3) is 0 Å². The van der Waals surface area contributed by atoms with Crippen LogP contribution in [-0.4, -0.2) is 32.1 Å². The summed E-state index contributed by atoms with van der Waals surface area (Å²) in [5, 5.41) is 14.9. The van der Waals surface area contributed by atoms with Crippen molar-refractivity contribution in [3.63, 3.8) is 0 Å². The Kier molecular flexibility index (Phi) is 4.15. The molecule has 0 bridgehead atoms. The minimum atomic E-state index is -0.439. The Morgan fingerprint density at radius 1 is 1.39 bits per heavy atom. The van der Waals surface area contributed by atoms with E-state index in [-0.39, 0.29) is 17.6 Å². The van der Waals surface area contributed by atoms with Crippen molar-refractivity contribution < 1.29 is 9.84 Å². The number of aryl methyl sites for hydroxylation is 1. The van der Waals surface area contributed by atoms with Crippen LogP contribution in [0.15, 0.2) is 30.9 Å². The number of hydrogen-bond donors (Lipinski definition) is 1. The molecule has 2 aromatic rings. The maximum Gasteiger partial charge on any atom is 0.137 e. The zero-order chi connectivity index (χ0) is 16.6. The molecule has 3 rings (SSSR count). The Labute approximate surface area is 137 Å². The van der Waals surface area contributed by atoms with E-state index in [4.69, 9.17) is 4.74 Å². The Balaban J connectivity index is 1.83. The van der Waals surface area contributed by atoms with Gasteiger partial charge in [-0.2, -0.15) is 5.10 Å². The van der Waals surface area contributed by atoms with Gasteiger partial charge in [0.2, 0.25) is 0 Å². The van der Waals surface area contributed by atoms with Crippen molar-refractivity contribution in [2.75, 3.05) is 0 Å². The van der Waals surface area contributed by atoms with Gasteiger partial charge in [0.1, 0.15) is 24.5 Å². The highest BCUT2D eigenvalue weighted by Crippen LogP contribution is 2.37. The molecule has 1 aromatic carbocycles. The molecule has 0 radical (unpaired) electrons. The summed E-state index contributed by atoms with van der Waals surface area (Å²) in [7, 11) is 0. The average molecular weight is 315 g/mol. The molecule has 5 nitrogen and oxygen atoms in total. The molecule has 5 heteroatoms. The highest BCUT2D eigenvalue weighted by molar-refractivity contribution is 5.40. The quantitative estimate of drug-likeness (QED) is 0.942. The lowest BCUT2D eigenvalue weighted by Gasteiger charge is -2.31. The number of aliphatic hydroxyl groups is 1. The molecule has 1 aliphatic heterocycles. The van der Waals surface area contributed by atoms with E-state index in [1.807, 2.05) is 31.5 Å². The van der Waals surface area contributed by atoms with E-state index in [2.05, 4.69) is 29.1 Å². The molecular weight excluding hydrogens is 290 g/mol. The number of fused-ring (bicyclic) bond motifs is 1. The van der Waals surface area contributed by atoms with Crippen molar-refractivity contribution in [2.24, 2.45) is 5.41 Å². The van der Waals surface area contributed by atoms with Crippen LogP contribution in [0.4, 0.5) is 0 Å². The number of aliphatic hydroxyl groups excluding tert-OH is 1. The largest absolute Gasteiger partial charge is 0.488 e. The van der Waals surface area contributed by atoms with Gasteiger partial charge in [0.05, 0.1) is 12.1 Å². The van der Waals surface area contributed by atoms with Gasteiger partial charge in [0, 0.05) is 6.42 Å². The van der Waals surface area contributed by atoms with Crippen LogP contribution in [-0.2, 0) is 6.42 Å². The standard InChI is InChI=1S/C18H25N3O2/c1-12-5-6-15-13(7-12)8-16(23-15)14(21-11-19-10-20-21)9-17(22)18(2,3)4/h5-7,10-11,14,16-17,22H,8-9H2,1-4H3. The van der Waals surface area contributed by atoms with Crippen molar-refractivity contribution in [3.05, 3.63) is 42.0 Å². The van der Waals surface area contributed by atoms with E-state index in [9.17, 15) is 5.11 Å². The molecule has 2 heterocycles. The Hall–Kier alpha value is -1.88. The van der Waals surface area contributed by atoms with Crippen LogP contribution in [0.5, 0.6) is 5.75 Å². The first-order chi connectivity index (χ1) is 10.8. The molecule has 1 aromatic heterocycles. The summed E-state index contributed by atoms with van der Waals surface area (Å²) in [6, 6.07) is 6.23. The molecule has 0 amide bonds. The summed E-state index contributed by atoms with van der Waals surface area (Å²) in [6.07, 6.45) is 4.18. The van der Waals surface area contributed by atoms with Crippen LogP contribution in [0.1, 0.15) is 44.4 Å². The molecule has 0 saturated carbocycles. The van der Waals surface area contributed by atoms with Crippen LogP contribution < -0.4 is 4.74 Å². The normalized spacial score (nSPS) is 20.0. The van der Waals surface area contributed by atoms with E-state index in [0.717, 1.165) is 12.2 Å². The fraction of sp³-hybridized carbons (Fsp3) is 0.556. The molecule has 0 saturated heterocycles. The summed E-state index contributed by atoms with van der Waals surface area (Å²) in [5.41, 5.74) is 2.28. The molecule has 1 aliphatic rings. The smallest absolute Gasteiger partial charge is 0.137 e. The predicted molar refractivity (Wildman–Crippen MR) is 88.4 cm³/mol. The van der Waals surface area contributed by atoms with Crippen molar-refractivity contribution in [2.45, 2.75) is 58.8 Å². The second kappa shape index (κ2) is 5.96. The Morgan fingerprint density at radius 3 is 2.83 bits per heavy atom. The van der Waals surface area contributed by atoms with Crippen LogP contribution in [0.2, 0.25) is 0 Å². The number of benzene rings is 1. The molecule has 3 atom stereocenters. The molecule has 23 heavy (non-hydrogen) atoms. The monoisotopic (exact) mass is 315 g/mol. The number of ether oxygens (including phenoxy) is 1. The van der Waals surface area contributed by atoms with Gasteiger partial charge < -0.3 is 9.84 Å². The van der Waals surface area contributed by atoms with Crippen molar-refractivity contribution in [1.82, 2.24) is 14.8 Å². The second-order valence-electron chi connectivity index (χ2n) is 7.53. The minimum absolute atomic E-state index is 0.0366. The van der Waals surface area contributed by atoms with E-state index in [1.54, 1.807) is 6.33 Å². The van der Waals surface area contributed by atoms with Crippen LogP contribution in [0.25, 0.3) is 0 Å². The summed E-state index contributed by atoms with van der Waals surface area (Å²) < 4.78 is 7.98. The molecule has 0 aliphatic carbocycles. The fourth-order valence-electron chi connectivity index (χ4n) is 3.02. The minimum Gasteiger partial charge on any atom is -0.488 e. The SMILES string of the molecule is Cc1ccc2c(c1)CC(C(CC(O)C(C)(C)C)n1cncn1)O2. The molecule has 124 valence electrons. The van der Waals surface area contributed by atoms with E-state index in [1.165, 1.54) is 17.5 Å². The second-order valence-corrected chi connectivity index (χ2v) is 7.53. The van der Waals surface area contributed by atoms with Gasteiger partial charge in [-0.25, -0.2) is 9.67 Å². The third-order valence-corrected chi connectivity index (χ3v) is 4.59. The molecule has 3 unspecified atom stereocenters. The lowest BCUT2D eigenvalue weighted by Crippen LogP contribution is -2.36. The van der Waals surface area contributed by atoms with Crippen LogP contribution in [0, 0.1) is 12.3 Å². The molecule has 1 N–H and O–H groups in total. The van der Waals surface area contributed by atoms with E-state index < -0.39 is 6.10 Å². The van der Waals surface area contributed by atoms with Crippen LogP contribution >= 0.6 is 0 Å². The zero-order valence-corrected chi connectivity index (χ0v) is 14.2. The third-order valence-electron chi connectivity index (χ3n) is 4.59. The summed E-state index contributed by atoms with van der Waals surface area (Å²) in [6.45, 7) is 8.23. The van der Waals surface area contributed by atoms with Crippen LogP contribution in [0.3, 0.4) is 0 Å². The van der Waals surface area contributed by atoms with Crippen molar-refractivity contribution in [1.29, 1.82) is 0 Å². The highest BCUT2D eigenvalue weighted by atomic mass is 16.5. The first-order valence-electron chi connectivity index (χ1n) is 8.13. The van der Waals surface area contributed by atoms with Gasteiger partial charge in [-0.05, 0) is 30.4 Å². The van der Waals surface area contributed by atoms with Crippen molar-refractivity contribution >= 4 is 0 Å². The lowest BCUT2D eigenvalue weighted by atomic mass is 9.84. The molecular formula is C18H25N3O2. The van der Waals surface area contributed by atoms with Gasteiger partial charge in [-0.1, -0.05) is 38.5 Å². The van der Waals surface area contributed by atoms with Gasteiger partial charge in [-0.15, -0.1) is 0 Å². The molecule has 0 spiro atoms. The Bertz CT molecular complexity index is 661. The number of hydrogen-bond acceptors (Lipinski definition) is 4. The topological polar surface area (TPSA) is 60.2 Å². The summed E-state index contributed by atoms with van der Waals surface area (Å²) >= 11 is 0. The van der Waals surface area contributed by atoms with E-state index in [0.29, 0.717) is 6.42 Å². The number of nitrogens with zero attached hydrogens (tertiary/aromatic N) is 3. The average Bonchev–Trinajstić information content (AvgIpc) is 3.12. The summed E-state index contributed by atoms with van der Waals surface area (Å²) in [5.74, 6) is 0.941. The molecule has 0 fully saturated rings. The first kappa shape index (κ1) is 16.0. The first-order valence-corrected chi connectivity index (χ1v) is 8.13. The zero-order valence-electron chi connectivity index (χ0n) is 14.2. The predicted octanol–water partition coefficient (Wildman–Crippen LogP) is 2.93. The van der Waals surface area contributed by atoms with Crippen molar-refractivity contribution in [3.8, 4) is 5.75 Å². The van der Waals surface area contributed by atoms with Gasteiger partial charge in [-0.3, -0.25) is 0 Å². The Morgan fingerprint density at radius 2 is 2.17 bits per heavy atom. The summed E-state index contributed by atoms with van der Waals surface area (Å²) in [4.78, 5) is 4.06. The highest BCUT2D eigenvalue weighted by Gasteiger charge is 2.36. The number of aromatic nitrogens is 3. The maximum absolute atomic E-state index is 10.6. The number of rotatable bonds is 4. The lowest BCUT2D eigenvalue weighted by molar-refractivity contribution is 0.0209. The van der Waals surface area contributed by atoms with E-state index >= 15 is 0 Å². The maximum atomic E-state index is 10.6. The van der Waals surface area contributed by atoms with Gasteiger partial charge in [0.15, 0.2) is 0 Å². The third kappa shape index (κ3) is 3.39.